The van der Waals surface area contributed by atoms with Crippen LogP contribution in [0.15, 0.2) is 39.7 Å². The van der Waals surface area contributed by atoms with Gasteiger partial charge in [-0.25, -0.2) is 4.68 Å². The monoisotopic (exact) mass is 337 g/mol. The van der Waals surface area contributed by atoms with Crippen LogP contribution in [0.3, 0.4) is 0 Å². The van der Waals surface area contributed by atoms with Gasteiger partial charge >= 0.3 is 0 Å². The van der Waals surface area contributed by atoms with E-state index in [2.05, 4.69) is 26.3 Å². The molecule has 106 valence electrons. The highest BCUT2D eigenvalue weighted by Gasteiger charge is 2.07. The van der Waals surface area contributed by atoms with Gasteiger partial charge in [0.15, 0.2) is 0 Å². The van der Waals surface area contributed by atoms with Crippen molar-refractivity contribution in [3.63, 3.8) is 0 Å². The van der Waals surface area contributed by atoms with Crippen LogP contribution in [0.4, 0.5) is 5.69 Å². The molecule has 1 heterocycles. The molecule has 0 aliphatic carbocycles. The summed E-state index contributed by atoms with van der Waals surface area (Å²) in [6.07, 6.45) is 2.44. The first-order valence-electron chi connectivity index (χ1n) is 6.39. The van der Waals surface area contributed by atoms with Crippen LogP contribution in [0.5, 0.6) is 5.75 Å². The number of benzene rings is 1. The molecule has 1 aromatic carbocycles. The normalized spacial score (nSPS) is 10.5. The van der Waals surface area contributed by atoms with Gasteiger partial charge in [-0.3, -0.25) is 4.79 Å². The summed E-state index contributed by atoms with van der Waals surface area (Å²) < 4.78 is 1.90. The third-order valence-electron chi connectivity index (χ3n) is 2.95. The minimum absolute atomic E-state index is 0.137. The van der Waals surface area contributed by atoms with Gasteiger partial charge in [-0.05, 0) is 47.0 Å². The van der Waals surface area contributed by atoms with Gasteiger partial charge in [-0.1, -0.05) is 12.1 Å². The smallest absolute Gasteiger partial charge is 0.283 e. The molecule has 0 aliphatic heterocycles. The van der Waals surface area contributed by atoms with Crippen molar-refractivity contribution in [1.82, 2.24) is 9.78 Å². The molecule has 1 aromatic heterocycles. The summed E-state index contributed by atoms with van der Waals surface area (Å²) in [5.41, 5.74) is 1.67. The van der Waals surface area contributed by atoms with E-state index in [1.54, 1.807) is 18.3 Å². The number of aromatic hydroxyl groups is 1. The Hall–Kier alpha value is -1.82. The Balaban J connectivity index is 1.99. The average Bonchev–Trinajstić information content (AvgIpc) is 2.46. The minimum atomic E-state index is -0.137. The van der Waals surface area contributed by atoms with E-state index < -0.39 is 0 Å². The number of hydrogen-bond acceptors (Lipinski definition) is 4. The zero-order chi connectivity index (χ0) is 14.5. The van der Waals surface area contributed by atoms with Crippen molar-refractivity contribution in [3.8, 4) is 5.75 Å². The predicted octanol–water partition coefficient (Wildman–Crippen LogP) is 2.39. The fourth-order valence-electron chi connectivity index (χ4n) is 1.82. The molecule has 0 bridgehead atoms. The number of phenolic OH excluding ortho intramolecular Hbond substituents is 1. The second kappa shape index (κ2) is 6.56. The first-order valence-corrected chi connectivity index (χ1v) is 7.18. The number of phenols is 1. The lowest BCUT2D eigenvalue weighted by Crippen LogP contribution is -2.23. The van der Waals surface area contributed by atoms with Gasteiger partial charge in [0.25, 0.3) is 5.56 Å². The summed E-state index contributed by atoms with van der Waals surface area (Å²) in [6.45, 7) is 3.10. The Bertz CT molecular complexity index is 638. The van der Waals surface area contributed by atoms with Crippen molar-refractivity contribution in [2.24, 2.45) is 0 Å². The molecule has 2 N–H and O–H groups in total. The maximum absolute atomic E-state index is 11.9. The topological polar surface area (TPSA) is 67.2 Å². The van der Waals surface area contributed by atoms with Crippen molar-refractivity contribution in [2.75, 3.05) is 11.9 Å². The number of rotatable bonds is 5. The van der Waals surface area contributed by atoms with Crippen molar-refractivity contribution in [3.05, 3.63) is 50.9 Å². The molecule has 0 fully saturated rings. The average molecular weight is 338 g/mol. The molecule has 2 aromatic rings. The van der Waals surface area contributed by atoms with E-state index in [4.69, 9.17) is 0 Å². The first kappa shape index (κ1) is 14.6. The molecule has 6 heteroatoms. The maximum Gasteiger partial charge on any atom is 0.283 e. The van der Waals surface area contributed by atoms with E-state index in [-0.39, 0.29) is 11.3 Å². The number of halogens is 1. The fraction of sp³-hybridized carbons (Fsp3) is 0.286. The Labute approximate surface area is 125 Å². The molecule has 0 amide bonds. The van der Waals surface area contributed by atoms with Crippen molar-refractivity contribution in [2.45, 2.75) is 19.9 Å². The minimum Gasteiger partial charge on any atom is -0.508 e. The SMILES string of the molecule is CCn1ncc(NCCc2ccc(O)cc2)c(Br)c1=O. The van der Waals surface area contributed by atoms with E-state index in [9.17, 15) is 9.90 Å². The van der Waals surface area contributed by atoms with Gasteiger partial charge in [0.2, 0.25) is 0 Å². The predicted molar refractivity (Wildman–Crippen MR) is 82.2 cm³/mol. The number of aryl methyl sites for hydroxylation is 1. The molecule has 5 nitrogen and oxygen atoms in total. The molecule has 0 spiro atoms. The van der Waals surface area contributed by atoms with Crippen LogP contribution >= 0.6 is 15.9 Å². The maximum atomic E-state index is 11.9. The molecule has 0 unspecified atom stereocenters. The lowest BCUT2D eigenvalue weighted by atomic mass is 10.1. The molecule has 0 saturated carbocycles. The Morgan fingerprint density at radius 3 is 2.70 bits per heavy atom. The highest BCUT2D eigenvalue weighted by molar-refractivity contribution is 9.10. The van der Waals surface area contributed by atoms with Crippen molar-refractivity contribution in [1.29, 1.82) is 0 Å². The molecule has 0 aliphatic rings. The third-order valence-corrected chi connectivity index (χ3v) is 3.72. The highest BCUT2D eigenvalue weighted by atomic mass is 79.9. The summed E-state index contributed by atoms with van der Waals surface area (Å²) in [7, 11) is 0. The number of nitrogens with zero attached hydrogens (tertiary/aromatic N) is 2. The van der Waals surface area contributed by atoms with Gasteiger partial charge in [-0.2, -0.15) is 5.10 Å². The van der Waals surface area contributed by atoms with Crippen LogP contribution in [-0.2, 0) is 13.0 Å². The van der Waals surface area contributed by atoms with Crippen LogP contribution < -0.4 is 10.9 Å². The number of anilines is 1. The molecule has 0 saturated heterocycles. The second-order valence-electron chi connectivity index (χ2n) is 4.34. The fourth-order valence-corrected chi connectivity index (χ4v) is 2.26. The Morgan fingerprint density at radius 1 is 1.35 bits per heavy atom. The molecule has 0 radical (unpaired) electrons. The third kappa shape index (κ3) is 3.39. The summed E-state index contributed by atoms with van der Waals surface area (Å²) >= 11 is 3.30. The van der Waals surface area contributed by atoms with E-state index >= 15 is 0 Å². The summed E-state index contributed by atoms with van der Waals surface area (Å²) in [5.74, 6) is 0.261. The van der Waals surface area contributed by atoms with Crippen molar-refractivity contribution >= 4 is 21.6 Å². The van der Waals surface area contributed by atoms with Gasteiger partial charge < -0.3 is 10.4 Å². The van der Waals surface area contributed by atoms with Crippen LogP contribution in [0, 0.1) is 0 Å². The van der Waals surface area contributed by atoms with Crippen LogP contribution in [0.25, 0.3) is 0 Å². The lowest BCUT2D eigenvalue weighted by Gasteiger charge is -2.09. The second-order valence-corrected chi connectivity index (χ2v) is 5.13. The van der Waals surface area contributed by atoms with E-state index in [1.807, 2.05) is 19.1 Å². The van der Waals surface area contributed by atoms with Gasteiger partial charge in [0, 0.05) is 13.1 Å². The standard InChI is InChI=1S/C14H16BrN3O2/c1-2-18-14(20)13(15)12(9-17-18)16-8-7-10-3-5-11(19)6-4-10/h3-6,9,16,19H,2,7-8H2,1H3. The first-order chi connectivity index (χ1) is 9.61. The molecule has 20 heavy (non-hydrogen) atoms. The Kier molecular flexibility index (Phi) is 4.79. The van der Waals surface area contributed by atoms with Gasteiger partial charge in [0.1, 0.15) is 10.2 Å². The summed E-state index contributed by atoms with van der Waals surface area (Å²) in [6, 6.07) is 7.07. The molecular weight excluding hydrogens is 322 g/mol. The molecular formula is C14H16BrN3O2. The summed E-state index contributed by atoms with van der Waals surface area (Å²) in [4.78, 5) is 11.9. The lowest BCUT2D eigenvalue weighted by molar-refractivity contribution is 0.475. The van der Waals surface area contributed by atoms with E-state index in [0.717, 1.165) is 12.0 Å². The largest absolute Gasteiger partial charge is 0.508 e. The molecule has 0 atom stereocenters. The van der Waals surface area contributed by atoms with Crippen LogP contribution in [-0.4, -0.2) is 21.4 Å². The number of aromatic nitrogens is 2. The van der Waals surface area contributed by atoms with Gasteiger partial charge in [-0.15, -0.1) is 0 Å². The molecule has 2 rings (SSSR count). The Morgan fingerprint density at radius 2 is 2.05 bits per heavy atom. The summed E-state index contributed by atoms with van der Waals surface area (Å²) in [5, 5.41) is 16.5. The number of hydrogen-bond donors (Lipinski definition) is 2. The van der Waals surface area contributed by atoms with Gasteiger partial charge in [0.05, 0.1) is 11.9 Å². The zero-order valence-corrected chi connectivity index (χ0v) is 12.7. The number of nitrogens with one attached hydrogen (secondary N) is 1. The van der Waals surface area contributed by atoms with Crippen molar-refractivity contribution < 1.29 is 5.11 Å². The zero-order valence-electron chi connectivity index (χ0n) is 11.1. The van der Waals surface area contributed by atoms with Crippen LogP contribution in [0.2, 0.25) is 0 Å². The highest BCUT2D eigenvalue weighted by Crippen LogP contribution is 2.16. The van der Waals surface area contributed by atoms with E-state index in [0.29, 0.717) is 23.2 Å². The van der Waals surface area contributed by atoms with Crippen LogP contribution in [0.1, 0.15) is 12.5 Å². The quantitative estimate of drug-likeness (QED) is 0.879. The van der Waals surface area contributed by atoms with E-state index in [1.165, 1.54) is 4.68 Å².